The fraction of sp³-hybridized carbons (Fsp3) is 0.800. The minimum atomic E-state index is -1.48. The first-order valence-corrected chi connectivity index (χ1v) is 11.9. The molecule has 6 unspecified atom stereocenters. The molecule has 3 amide bonds. The maximum atomic E-state index is 13.0. The van der Waals surface area contributed by atoms with Gasteiger partial charge in [0.1, 0.15) is 18.1 Å². The molecule has 0 aliphatic heterocycles. The first kappa shape index (κ1) is 29.1. The van der Waals surface area contributed by atoms with Gasteiger partial charge in [-0.3, -0.25) is 14.4 Å². The van der Waals surface area contributed by atoms with Crippen LogP contribution in [0.2, 0.25) is 0 Å². The molecule has 11 heteroatoms. The van der Waals surface area contributed by atoms with Gasteiger partial charge in [-0.25, -0.2) is 4.79 Å². The van der Waals surface area contributed by atoms with Crippen LogP contribution in [-0.4, -0.2) is 76.7 Å². The number of aliphatic carboxylic acids is 1. The summed E-state index contributed by atoms with van der Waals surface area (Å²) < 4.78 is 0. The molecule has 10 nitrogen and oxygen atoms in total. The van der Waals surface area contributed by atoms with Crippen molar-refractivity contribution in [3.63, 3.8) is 0 Å². The highest BCUT2D eigenvalue weighted by Gasteiger charge is 2.34. The highest BCUT2D eigenvalue weighted by atomic mass is 32.2. The highest BCUT2D eigenvalue weighted by Crippen LogP contribution is 2.13. The molecule has 0 radical (unpaired) electrons. The molecule has 0 saturated heterocycles. The molecule has 0 aromatic rings. The fourth-order valence-electron chi connectivity index (χ4n) is 2.73. The summed E-state index contributed by atoms with van der Waals surface area (Å²) in [5.41, 5.74) is 5.91. The number of aliphatic hydroxyl groups is 1. The van der Waals surface area contributed by atoms with E-state index < -0.39 is 54.5 Å². The third-order valence-electron chi connectivity index (χ3n) is 5.35. The van der Waals surface area contributed by atoms with E-state index in [-0.39, 0.29) is 11.8 Å². The van der Waals surface area contributed by atoms with Crippen molar-refractivity contribution < 1.29 is 29.4 Å². The summed E-state index contributed by atoms with van der Waals surface area (Å²) in [4.78, 5) is 49.3. The minimum absolute atomic E-state index is 0.221. The van der Waals surface area contributed by atoms with E-state index in [1.54, 1.807) is 18.7 Å². The molecule has 0 aromatic carbocycles. The first-order chi connectivity index (χ1) is 14.5. The van der Waals surface area contributed by atoms with E-state index in [1.165, 1.54) is 0 Å². The maximum Gasteiger partial charge on any atom is 0.328 e. The second kappa shape index (κ2) is 15.0. The van der Waals surface area contributed by atoms with E-state index >= 15 is 0 Å². The Morgan fingerprint density at radius 1 is 0.903 bits per heavy atom. The van der Waals surface area contributed by atoms with E-state index in [9.17, 15) is 19.2 Å². The zero-order valence-corrected chi connectivity index (χ0v) is 19.8. The lowest BCUT2D eigenvalue weighted by atomic mass is 9.94. The standard InChI is InChI=1S/C20H38N4O6S/c1-6-11(3)15(18(27)22-14(10-25)20(29)30)24-19(28)16(12(4)7-2)23-17(26)13(21)8-9-31-5/h11-16,25H,6-10,21H2,1-5H3,(H,22,27)(H,23,26)(H,24,28)(H,29,30). The maximum absolute atomic E-state index is 13.0. The Bertz CT molecular complexity index is 606. The number of hydrogen-bond donors (Lipinski definition) is 6. The van der Waals surface area contributed by atoms with Gasteiger partial charge < -0.3 is 31.9 Å². The lowest BCUT2D eigenvalue weighted by Crippen LogP contribution is -2.60. The molecule has 0 heterocycles. The number of rotatable bonds is 15. The number of aliphatic hydroxyl groups excluding tert-OH is 1. The van der Waals surface area contributed by atoms with E-state index in [0.29, 0.717) is 25.0 Å². The van der Waals surface area contributed by atoms with Gasteiger partial charge in [-0.1, -0.05) is 40.5 Å². The van der Waals surface area contributed by atoms with Crippen molar-refractivity contribution in [3.8, 4) is 0 Å². The van der Waals surface area contributed by atoms with Crippen LogP contribution in [0.3, 0.4) is 0 Å². The molecular formula is C20H38N4O6S. The van der Waals surface area contributed by atoms with Gasteiger partial charge in [0.05, 0.1) is 12.6 Å². The molecule has 0 saturated carbocycles. The molecule has 0 rings (SSSR count). The highest BCUT2D eigenvalue weighted by molar-refractivity contribution is 7.98. The molecule has 0 aliphatic rings. The van der Waals surface area contributed by atoms with Gasteiger partial charge in [-0.15, -0.1) is 0 Å². The largest absolute Gasteiger partial charge is 0.480 e. The molecule has 6 atom stereocenters. The van der Waals surface area contributed by atoms with Gasteiger partial charge in [-0.2, -0.15) is 11.8 Å². The van der Waals surface area contributed by atoms with Gasteiger partial charge in [0.2, 0.25) is 17.7 Å². The van der Waals surface area contributed by atoms with Gasteiger partial charge in [0, 0.05) is 0 Å². The predicted molar refractivity (Wildman–Crippen MR) is 120 cm³/mol. The summed E-state index contributed by atoms with van der Waals surface area (Å²) in [7, 11) is 0. The molecule has 180 valence electrons. The smallest absolute Gasteiger partial charge is 0.328 e. The Hall–Kier alpha value is -1.85. The second-order valence-electron chi connectivity index (χ2n) is 7.71. The van der Waals surface area contributed by atoms with Crippen LogP contribution < -0.4 is 21.7 Å². The van der Waals surface area contributed by atoms with Crippen LogP contribution in [0.1, 0.15) is 47.0 Å². The van der Waals surface area contributed by atoms with Crippen LogP contribution in [0.25, 0.3) is 0 Å². The van der Waals surface area contributed by atoms with Gasteiger partial charge >= 0.3 is 5.97 Å². The van der Waals surface area contributed by atoms with Crippen molar-refractivity contribution in [2.24, 2.45) is 17.6 Å². The van der Waals surface area contributed by atoms with Crippen molar-refractivity contribution >= 4 is 35.5 Å². The summed E-state index contributed by atoms with van der Waals surface area (Å²) in [6, 6.07) is -4.15. The molecular weight excluding hydrogens is 424 g/mol. The van der Waals surface area contributed by atoms with Crippen LogP contribution in [0.15, 0.2) is 0 Å². The normalized spacial score (nSPS) is 16.9. The quantitative estimate of drug-likeness (QED) is 0.192. The fourth-order valence-corrected chi connectivity index (χ4v) is 3.22. The number of carbonyl (C=O) groups excluding carboxylic acids is 3. The Morgan fingerprint density at radius 3 is 1.74 bits per heavy atom. The van der Waals surface area contributed by atoms with Crippen LogP contribution >= 0.6 is 11.8 Å². The van der Waals surface area contributed by atoms with E-state index in [1.807, 2.05) is 27.0 Å². The van der Waals surface area contributed by atoms with Crippen molar-refractivity contribution in [2.45, 2.75) is 71.1 Å². The average Bonchev–Trinajstić information content (AvgIpc) is 2.75. The number of carboxylic acids is 1. The first-order valence-electron chi connectivity index (χ1n) is 10.5. The monoisotopic (exact) mass is 462 g/mol. The molecule has 0 bridgehead atoms. The van der Waals surface area contributed by atoms with E-state index in [2.05, 4.69) is 16.0 Å². The van der Waals surface area contributed by atoms with Crippen molar-refractivity contribution in [2.75, 3.05) is 18.6 Å². The SMILES string of the molecule is CCC(C)C(NC(=O)C(N)CCSC)C(=O)NC(C(=O)NC(CO)C(=O)O)C(C)CC. The number of amides is 3. The Kier molecular flexibility index (Phi) is 14.1. The number of hydrogen-bond acceptors (Lipinski definition) is 7. The minimum Gasteiger partial charge on any atom is -0.480 e. The van der Waals surface area contributed by atoms with Gasteiger partial charge in [-0.05, 0) is 30.3 Å². The van der Waals surface area contributed by atoms with Crippen LogP contribution in [-0.2, 0) is 19.2 Å². The number of carboxylic acid groups (broad SMARTS) is 1. The van der Waals surface area contributed by atoms with Crippen LogP contribution in [0, 0.1) is 11.8 Å². The molecule has 0 fully saturated rings. The summed E-state index contributed by atoms with van der Waals surface area (Å²) >= 11 is 1.57. The topological polar surface area (TPSA) is 171 Å². The zero-order valence-electron chi connectivity index (χ0n) is 19.0. The summed E-state index contributed by atoms with van der Waals surface area (Å²) in [6.45, 7) is 6.48. The van der Waals surface area contributed by atoms with Crippen molar-refractivity contribution in [1.29, 1.82) is 0 Å². The third kappa shape index (κ3) is 9.88. The van der Waals surface area contributed by atoms with Gasteiger partial charge in [0.15, 0.2) is 0 Å². The Morgan fingerprint density at radius 2 is 1.35 bits per heavy atom. The predicted octanol–water partition coefficient (Wildman–Crippen LogP) is -0.310. The lowest BCUT2D eigenvalue weighted by molar-refractivity contribution is -0.143. The number of carbonyl (C=O) groups is 4. The molecule has 0 aliphatic carbocycles. The molecule has 0 spiro atoms. The van der Waals surface area contributed by atoms with Gasteiger partial charge in [0.25, 0.3) is 0 Å². The Balaban J connectivity index is 5.47. The molecule has 7 N–H and O–H groups in total. The summed E-state index contributed by atoms with van der Waals surface area (Å²) in [5, 5.41) is 25.8. The van der Waals surface area contributed by atoms with E-state index in [4.69, 9.17) is 15.9 Å². The number of nitrogens with two attached hydrogens (primary N) is 1. The lowest BCUT2D eigenvalue weighted by Gasteiger charge is -2.30. The van der Waals surface area contributed by atoms with E-state index in [0.717, 1.165) is 0 Å². The summed E-state index contributed by atoms with van der Waals surface area (Å²) in [5.74, 6) is -2.90. The average molecular weight is 463 g/mol. The zero-order chi connectivity index (χ0) is 24.1. The van der Waals surface area contributed by atoms with Crippen LogP contribution in [0.4, 0.5) is 0 Å². The number of thioether (sulfide) groups is 1. The molecule has 31 heavy (non-hydrogen) atoms. The number of nitrogens with one attached hydrogen (secondary N) is 3. The van der Waals surface area contributed by atoms with Crippen LogP contribution in [0.5, 0.6) is 0 Å². The second-order valence-corrected chi connectivity index (χ2v) is 8.70. The third-order valence-corrected chi connectivity index (χ3v) is 6.00. The van der Waals surface area contributed by atoms with Crippen molar-refractivity contribution in [3.05, 3.63) is 0 Å². The van der Waals surface area contributed by atoms with Crippen molar-refractivity contribution in [1.82, 2.24) is 16.0 Å². The Labute approximate surface area is 188 Å². The molecule has 0 aromatic heterocycles. The summed E-state index contributed by atoms with van der Waals surface area (Å²) in [6.07, 6.45) is 3.52.